The van der Waals surface area contributed by atoms with E-state index in [0.717, 1.165) is 25.7 Å². The fraction of sp³-hybridized carbons (Fsp3) is 0.923. The molecule has 0 aromatic rings. The van der Waals surface area contributed by atoms with Crippen LogP contribution in [0.3, 0.4) is 0 Å². The van der Waals surface area contributed by atoms with E-state index in [0.29, 0.717) is 12.8 Å². The van der Waals surface area contributed by atoms with Crippen molar-refractivity contribution >= 4 is 11.9 Å². The zero-order chi connectivity index (χ0) is 22.7. The molecule has 0 saturated heterocycles. The first kappa shape index (κ1) is 31.1. The summed E-state index contributed by atoms with van der Waals surface area (Å²) in [5.74, 6) is -1.32. The van der Waals surface area contributed by atoms with Gasteiger partial charge in [-0.05, 0) is 12.8 Å². The summed E-state index contributed by atoms with van der Waals surface area (Å²) < 4.78 is 0. The Morgan fingerprint density at radius 1 is 0.400 bits per heavy atom. The predicted molar refractivity (Wildman–Crippen MR) is 128 cm³/mol. The minimum Gasteiger partial charge on any atom is -0.481 e. The highest BCUT2D eigenvalue weighted by molar-refractivity contribution is 5.66. The molecule has 0 aliphatic rings. The van der Waals surface area contributed by atoms with E-state index in [-0.39, 0.29) is 0 Å². The first-order chi connectivity index (χ1) is 14.5. The molecule has 2 N–H and O–H groups in total. The van der Waals surface area contributed by atoms with Crippen LogP contribution in [0.25, 0.3) is 0 Å². The third-order valence-corrected chi connectivity index (χ3v) is 5.49. The molecule has 4 nitrogen and oxygen atoms in total. The van der Waals surface area contributed by atoms with Gasteiger partial charge in [0.25, 0.3) is 0 Å². The van der Waals surface area contributed by atoms with Gasteiger partial charge < -0.3 is 10.2 Å². The van der Waals surface area contributed by atoms with Gasteiger partial charge in [-0.3, -0.25) is 9.59 Å². The summed E-state index contributed by atoms with van der Waals surface area (Å²) >= 11 is 0. The molecule has 0 bridgehead atoms. The van der Waals surface area contributed by atoms with Crippen molar-refractivity contribution in [3.63, 3.8) is 0 Å². The molecule has 0 rings (SSSR count). The molecule has 0 fully saturated rings. The van der Waals surface area contributed by atoms with Crippen LogP contribution < -0.4 is 0 Å². The number of rotatable bonds is 22. The molecule has 30 heavy (non-hydrogen) atoms. The van der Waals surface area contributed by atoms with Crippen molar-refractivity contribution in [1.82, 2.24) is 0 Å². The lowest BCUT2D eigenvalue weighted by Gasteiger charge is -2.02. The van der Waals surface area contributed by atoms with Crippen LogP contribution >= 0.6 is 0 Å². The summed E-state index contributed by atoms with van der Waals surface area (Å²) in [5, 5.41) is 16.8. The predicted octanol–water partition coefficient (Wildman–Crippen LogP) is 8.76. The quantitative estimate of drug-likeness (QED) is 0.169. The zero-order valence-corrected chi connectivity index (χ0v) is 20.3. The van der Waals surface area contributed by atoms with Crippen molar-refractivity contribution in [3.05, 3.63) is 0 Å². The molecule has 0 heterocycles. The number of hydrogen-bond acceptors (Lipinski definition) is 2. The van der Waals surface area contributed by atoms with Crippen molar-refractivity contribution < 1.29 is 19.8 Å². The molecule has 0 aromatic carbocycles. The second-order valence-corrected chi connectivity index (χ2v) is 8.65. The van der Waals surface area contributed by atoms with Gasteiger partial charge in [0.05, 0.1) is 0 Å². The monoisotopic (exact) mass is 428 g/mol. The molecule has 180 valence electrons. The molecule has 0 amide bonds. The molecule has 0 aromatic heterocycles. The average molecular weight is 429 g/mol. The van der Waals surface area contributed by atoms with Gasteiger partial charge >= 0.3 is 11.9 Å². The normalized spacial score (nSPS) is 10.5. The third-order valence-electron chi connectivity index (χ3n) is 5.49. The smallest absolute Gasteiger partial charge is 0.303 e. The Morgan fingerprint density at radius 3 is 0.800 bits per heavy atom. The molecule has 0 aliphatic carbocycles. The first-order valence-electron chi connectivity index (χ1n) is 13.0. The summed E-state index contributed by atoms with van der Waals surface area (Å²) in [6.07, 6.45) is 25.9. The Bertz CT molecular complexity index is 355. The van der Waals surface area contributed by atoms with E-state index < -0.39 is 11.9 Å². The minimum atomic E-state index is -0.663. The Hall–Kier alpha value is -1.06. The highest BCUT2D eigenvalue weighted by Gasteiger charge is 1.97. The Balaban J connectivity index is 0. The van der Waals surface area contributed by atoms with E-state index in [9.17, 15) is 9.59 Å². The molecular formula is C26H52O4. The maximum atomic E-state index is 10.3. The average Bonchev–Trinajstić information content (AvgIpc) is 2.71. The number of carbonyl (C=O) groups is 2. The molecule has 0 spiro atoms. The molecule has 0 radical (unpaired) electrons. The van der Waals surface area contributed by atoms with Crippen molar-refractivity contribution in [1.29, 1.82) is 0 Å². The molecular weight excluding hydrogens is 376 g/mol. The van der Waals surface area contributed by atoms with Crippen molar-refractivity contribution in [2.75, 3.05) is 0 Å². The summed E-state index contributed by atoms with van der Waals surface area (Å²) in [4.78, 5) is 20.4. The summed E-state index contributed by atoms with van der Waals surface area (Å²) in [7, 11) is 0. The van der Waals surface area contributed by atoms with Crippen LogP contribution in [0.15, 0.2) is 0 Å². The van der Waals surface area contributed by atoms with Crippen LogP contribution in [-0.4, -0.2) is 22.2 Å². The van der Waals surface area contributed by atoms with Gasteiger partial charge in [-0.2, -0.15) is 0 Å². The van der Waals surface area contributed by atoms with E-state index in [2.05, 4.69) is 13.8 Å². The minimum absolute atomic E-state index is 0.341. The first-order valence-corrected chi connectivity index (χ1v) is 13.0. The molecule has 4 heteroatoms. The third kappa shape index (κ3) is 34.4. The van der Waals surface area contributed by atoms with Crippen molar-refractivity contribution in [2.24, 2.45) is 0 Å². The zero-order valence-electron chi connectivity index (χ0n) is 20.3. The van der Waals surface area contributed by atoms with Gasteiger partial charge in [0.1, 0.15) is 0 Å². The van der Waals surface area contributed by atoms with E-state index in [1.54, 1.807) is 0 Å². The lowest BCUT2D eigenvalue weighted by atomic mass is 10.0. The lowest BCUT2D eigenvalue weighted by molar-refractivity contribution is -0.138. The van der Waals surface area contributed by atoms with Gasteiger partial charge in [-0.25, -0.2) is 0 Å². The SMILES string of the molecule is CCCCCCCCCC(=O)O.CCCCCCCCCCCCCCCC(=O)O. The topological polar surface area (TPSA) is 74.6 Å². The molecule has 0 unspecified atom stereocenters. The molecule has 0 atom stereocenters. The number of carboxylic acids is 2. The van der Waals surface area contributed by atoms with Crippen LogP contribution in [0.5, 0.6) is 0 Å². The molecule has 0 aliphatic heterocycles. The van der Waals surface area contributed by atoms with Crippen molar-refractivity contribution in [2.45, 2.75) is 155 Å². The van der Waals surface area contributed by atoms with Gasteiger partial charge in [0, 0.05) is 12.8 Å². The van der Waals surface area contributed by atoms with Crippen LogP contribution in [0.4, 0.5) is 0 Å². The Morgan fingerprint density at radius 2 is 0.600 bits per heavy atom. The second kappa shape index (κ2) is 27.9. The van der Waals surface area contributed by atoms with Crippen LogP contribution in [0.1, 0.15) is 155 Å². The van der Waals surface area contributed by atoms with E-state index >= 15 is 0 Å². The Labute approximate surface area is 187 Å². The Kier molecular flexibility index (Phi) is 29.0. The van der Waals surface area contributed by atoms with Gasteiger partial charge in [-0.15, -0.1) is 0 Å². The summed E-state index contributed by atoms with van der Waals surface area (Å²) in [6.45, 7) is 4.46. The second-order valence-electron chi connectivity index (χ2n) is 8.65. The number of aliphatic carboxylic acids is 2. The summed E-state index contributed by atoms with van der Waals surface area (Å²) in [5.41, 5.74) is 0. The number of hydrogen-bond donors (Lipinski definition) is 2. The fourth-order valence-electron chi connectivity index (χ4n) is 3.53. The standard InChI is InChI=1S/C16H32O2.C10H20O2/c1-2-3-4-5-6-7-8-9-10-11-12-13-14-15-16(17)18;1-2-3-4-5-6-7-8-9-10(11)12/h2-15H2,1H3,(H,17,18);2-9H2,1H3,(H,11,12). The fourth-order valence-corrected chi connectivity index (χ4v) is 3.53. The van der Waals surface area contributed by atoms with E-state index in [1.807, 2.05) is 0 Å². The summed E-state index contributed by atoms with van der Waals surface area (Å²) in [6, 6.07) is 0. The number of carboxylic acid groups (broad SMARTS) is 2. The van der Waals surface area contributed by atoms with Gasteiger partial charge in [0.2, 0.25) is 0 Å². The van der Waals surface area contributed by atoms with Crippen LogP contribution in [-0.2, 0) is 9.59 Å². The van der Waals surface area contributed by atoms with Gasteiger partial charge in [0.15, 0.2) is 0 Å². The maximum Gasteiger partial charge on any atom is 0.303 e. The van der Waals surface area contributed by atoms with E-state index in [4.69, 9.17) is 10.2 Å². The van der Waals surface area contributed by atoms with E-state index in [1.165, 1.54) is 103 Å². The van der Waals surface area contributed by atoms with Gasteiger partial charge in [-0.1, -0.05) is 129 Å². The van der Waals surface area contributed by atoms with Crippen LogP contribution in [0.2, 0.25) is 0 Å². The number of unbranched alkanes of at least 4 members (excludes halogenated alkanes) is 18. The molecule has 0 saturated carbocycles. The van der Waals surface area contributed by atoms with Crippen molar-refractivity contribution in [3.8, 4) is 0 Å². The maximum absolute atomic E-state index is 10.3. The largest absolute Gasteiger partial charge is 0.481 e. The highest BCUT2D eigenvalue weighted by atomic mass is 16.4. The van der Waals surface area contributed by atoms with Crippen LogP contribution in [0, 0.1) is 0 Å². The lowest BCUT2D eigenvalue weighted by Crippen LogP contribution is -1.93. The highest BCUT2D eigenvalue weighted by Crippen LogP contribution is 2.13.